The fourth-order valence-electron chi connectivity index (χ4n) is 4.38. The fourth-order valence-corrected chi connectivity index (χ4v) is 4.38. The summed E-state index contributed by atoms with van der Waals surface area (Å²) in [6.07, 6.45) is 7.56. The van der Waals surface area contributed by atoms with Crippen LogP contribution in [-0.4, -0.2) is 54.9 Å². The van der Waals surface area contributed by atoms with E-state index in [9.17, 15) is 5.11 Å². The van der Waals surface area contributed by atoms with Crippen molar-refractivity contribution in [1.82, 2.24) is 10.2 Å². The number of guanidine groups is 1. The van der Waals surface area contributed by atoms with Gasteiger partial charge in [-0.1, -0.05) is 49.6 Å². The molecule has 1 saturated heterocycles. The van der Waals surface area contributed by atoms with Gasteiger partial charge in [0.25, 0.3) is 0 Å². The third-order valence-electron chi connectivity index (χ3n) is 5.86. The molecule has 1 aliphatic heterocycles. The van der Waals surface area contributed by atoms with Crippen LogP contribution in [0.2, 0.25) is 0 Å². The predicted molar refractivity (Wildman–Crippen MR) is 110 cm³/mol. The maximum Gasteiger partial charge on any atom is 0.194 e. The summed E-state index contributed by atoms with van der Waals surface area (Å²) in [7, 11) is 0. The normalized spacial score (nSPS) is 20.8. The van der Waals surface area contributed by atoms with Gasteiger partial charge in [-0.15, -0.1) is 0 Å². The summed E-state index contributed by atoms with van der Waals surface area (Å²) in [5.74, 6) is 0.946. The van der Waals surface area contributed by atoms with Gasteiger partial charge in [0.2, 0.25) is 0 Å². The number of aliphatic hydroxyl groups is 1. The molecule has 1 unspecified atom stereocenters. The van der Waals surface area contributed by atoms with Gasteiger partial charge in [-0.2, -0.15) is 0 Å². The van der Waals surface area contributed by atoms with E-state index in [1.165, 1.54) is 38.5 Å². The molecule has 0 amide bonds. The Hall–Kier alpha value is -1.59. The summed E-state index contributed by atoms with van der Waals surface area (Å²) < 4.78 is 5.64. The maximum atomic E-state index is 10.3. The topological polar surface area (TPSA) is 57.1 Å². The van der Waals surface area contributed by atoms with Gasteiger partial charge in [0.05, 0.1) is 25.9 Å². The highest BCUT2D eigenvalue weighted by Gasteiger charge is 2.39. The van der Waals surface area contributed by atoms with Crippen LogP contribution in [-0.2, 0) is 11.3 Å². The molecule has 0 radical (unpaired) electrons. The van der Waals surface area contributed by atoms with Crippen molar-refractivity contribution in [3.63, 3.8) is 0 Å². The largest absolute Gasteiger partial charge is 0.389 e. The monoisotopic (exact) mass is 373 g/mol. The Balaban J connectivity index is 1.46. The molecule has 5 nitrogen and oxygen atoms in total. The van der Waals surface area contributed by atoms with Gasteiger partial charge in [-0.3, -0.25) is 4.99 Å². The molecule has 5 heteroatoms. The molecular formula is C22H35N3O2. The Bertz CT molecular complexity index is 584. The second kappa shape index (κ2) is 10.1. The van der Waals surface area contributed by atoms with Gasteiger partial charge in [-0.05, 0) is 37.2 Å². The minimum atomic E-state index is -0.575. The number of nitrogens with zero attached hydrogens (tertiary/aromatic N) is 2. The highest BCUT2D eigenvalue weighted by Crippen LogP contribution is 2.43. The van der Waals surface area contributed by atoms with Crippen molar-refractivity contribution in [3.8, 4) is 0 Å². The molecule has 1 aromatic rings. The Morgan fingerprint density at radius 3 is 2.74 bits per heavy atom. The lowest BCUT2D eigenvalue weighted by Crippen LogP contribution is -2.42. The summed E-state index contributed by atoms with van der Waals surface area (Å²) in [4.78, 5) is 7.10. The summed E-state index contributed by atoms with van der Waals surface area (Å²) in [5, 5.41) is 13.7. The van der Waals surface area contributed by atoms with E-state index in [1.54, 1.807) is 0 Å². The molecule has 1 aliphatic carbocycles. The van der Waals surface area contributed by atoms with Gasteiger partial charge < -0.3 is 20.1 Å². The summed E-state index contributed by atoms with van der Waals surface area (Å²) in [6.45, 7) is 6.34. The number of likely N-dealkylation sites (tertiary alicyclic amines) is 1. The lowest BCUT2D eigenvalue weighted by molar-refractivity contribution is 0.0330. The highest BCUT2D eigenvalue weighted by atomic mass is 16.5. The van der Waals surface area contributed by atoms with Crippen molar-refractivity contribution in [2.24, 2.45) is 10.4 Å². The van der Waals surface area contributed by atoms with Gasteiger partial charge in [0.15, 0.2) is 5.96 Å². The minimum absolute atomic E-state index is 0.307. The molecule has 3 rings (SSSR count). The molecule has 150 valence electrons. The lowest BCUT2D eigenvalue weighted by atomic mass is 9.73. The molecule has 2 fully saturated rings. The van der Waals surface area contributed by atoms with Gasteiger partial charge in [0, 0.05) is 19.6 Å². The van der Waals surface area contributed by atoms with Crippen LogP contribution in [0.15, 0.2) is 35.3 Å². The average molecular weight is 374 g/mol. The first-order chi connectivity index (χ1) is 13.2. The third kappa shape index (κ3) is 5.94. The first kappa shape index (κ1) is 20.2. The van der Waals surface area contributed by atoms with E-state index in [-0.39, 0.29) is 0 Å². The van der Waals surface area contributed by atoms with Crippen LogP contribution in [0.5, 0.6) is 0 Å². The minimum Gasteiger partial charge on any atom is -0.389 e. The number of hydrogen-bond donors (Lipinski definition) is 2. The van der Waals surface area contributed by atoms with Crippen LogP contribution in [0, 0.1) is 5.41 Å². The molecule has 1 atom stereocenters. The summed E-state index contributed by atoms with van der Waals surface area (Å²) in [5.41, 5.74) is 1.63. The maximum absolute atomic E-state index is 10.3. The van der Waals surface area contributed by atoms with E-state index in [2.05, 4.69) is 17.1 Å². The van der Waals surface area contributed by atoms with Gasteiger partial charge in [0.1, 0.15) is 0 Å². The molecule has 1 spiro atoms. The van der Waals surface area contributed by atoms with E-state index >= 15 is 0 Å². The third-order valence-corrected chi connectivity index (χ3v) is 5.86. The number of aliphatic imine (C=N–C) groups is 1. The molecule has 2 N–H and O–H groups in total. The Morgan fingerprint density at radius 2 is 2.00 bits per heavy atom. The number of rotatable bonds is 7. The van der Waals surface area contributed by atoms with Crippen molar-refractivity contribution in [1.29, 1.82) is 0 Å². The molecule has 27 heavy (non-hydrogen) atoms. The standard InChI is InChI=1S/C22H35N3O2/c1-2-23-21(25-14-13-22(18-25)11-7-4-8-12-22)24-15-20(26)17-27-16-19-9-5-3-6-10-19/h3,5-6,9-10,20,26H,2,4,7-8,11-18H2,1H3,(H,23,24). The molecular weight excluding hydrogens is 338 g/mol. The average Bonchev–Trinajstić information content (AvgIpc) is 3.09. The first-order valence-electron chi connectivity index (χ1n) is 10.5. The SMILES string of the molecule is CCNC(=NCC(O)COCc1ccccc1)N1CCC2(CCCCC2)C1. The fraction of sp³-hybridized carbons (Fsp3) is 0.682. The van der Waals surface area contributed by atoms with Crippen molar-refractivity contribution >= 4 is 5.96 Å². The Morgan fingerprint density at radius 1 is 1.22 bits per heavy atom. The zero-order valence-electron chi connectivity index (χ0n) is 16.7. The summed E-state index contributed by atoms with van der Waals surface area (Å²) >= 11 is 0. The zero-order chi connectivity index (χ0) is 19.0. The predicted octanol–water partition coefficient (Wildman–Crippen LogP) is 3.19. The van der Waals surface area contributed by atoms with Crippen LogP contribution in [0.4, 0.5) is 0 Å². The molecule has 0 bridgehead atoms. The molecule has 0 aromatic heterocycles. The Labute approximate surface area is 163 Å². The van der Waals surface area contributed by atoms with E-state index in [4.69, 9.17) is 9.73 Å². The van der Waals surface area contributed by atoms with Crippen LogP contribution >= 0.6 is 0 Å². The van der Waals surface area contributed by atoms with E-state index in [0.29, 0.717) is 25.2 Å². The zero-order valence-corrected chi connectivity index (χ0v) is 16.7. The smallest absolute Gasteiger partial charge is 0.194 e. The quantitative estimate of drug-likeness (QED) is 0.569. The number of benzene rings is 1. The molecule has 1 saturated carbocycles. The van der Waals surface area contributed by atoms with Crippen molar-refractivity contribution in [3.05, 3.63) is 35.9 Å². The van der Waals surface area contributed by atoms with Crippen LogP contribution in [0.3, 0.4) is 0 Å². The van der Waals surface area contributed by atoms with E-state index in [1.807, 2.05) is 30.3 Å². The number of nitrogens with one attached hydrogen (secondary N) is 1. The molecule has 2 aliphatic rings. The van der Waals surface area contributed by atoms with Crippen molar-refractivity contribution in [2.45, 2.75) is 58.2 Å². The van der Waals surface area contributed by atoms with Crippen LogP contribution < -0.4 is 5.32 Å². The number of ether oxygens (including phenoxy) is 1. The molecule has 1 heterocycles. The number of aliphatic hydroxyl groups excluding tert-OH is 1. The lowest BCUT2D eigenvalue weighted by Gasteiger charge is -2.33. The van der Waals surface area contributed by atoms with E-state index in [0.717, 1.165) is 31.2 Å². The van der Waals surface area contributed by atoms with Crippen LogP contribution in [0.25, 0.3) is 0 Å². The molecule has 1 aromatic carbocycles. The highest BCUT2D eigenvalue weighted by molar-refractivity contribution is 5.80. The number of hydrogen-bond acceptors (Lipinski definition) is 3. The van der Waals surface area contributed by atoms with Crippen molar-refractivity contribution in [2.75, 3.05) is 32.8 Å². The van der Waals surface area contributed by atoms with Crippen molar-refractivity contribution < 1.29 is 9.84 Å². The first-order valence-corrected chi connectivity index (χ1v) is 10.5. The Kier molecular flexibility index (Phi) is 7.53. The second-order valence-electron chi connectivity index (χ2n) is 8.08. The van der Waals surface area contributed by atoms with Gasteiger partial charge in [-0.25, -0.2) is 0 Å². The second-order valence-corrected chi connectivity index (χ2v) is 8.08. The van der Waals surface area contributed by atoms with Gasteiger partial charge >= 0.3 is 0 Å². The summed E-state index contributed by atoms with van der Waals surface area (Å²) in [6, 6.07) is 10.0. The van der Waals surface area contributed by atoms with Crippen LogP contribution in [0.1, 0.15) is 51.0 Å². The van der Waals surface area contributed by atoms with E-state index < -0.39 is 6.10 Å².